The summed E-state index contributed by atoms with van der Waals surface area (Å²) >= 11 is 6.10. The fourth-order valence-corrected chi connectivity index (χ4v) is 4.39. The number of anilines is 1. The van der Waals surface area contributed by atoms with Gasteiger partial charge >= 0.3 is 0 Å². The summed E-state index contributed by atoms with van der Waals surface area (Å²) in [5, 5.41) is 0.691. The highest BCUT2D eigenvalue weighted by atomic mass is 35.5. The minimum absolute atomic E-state index is 0.0674. The number of nitrogens with one attached hydrogen (secondary N) is 1. The molecule has 0 aliphatic carbocycles. The number of H-pyrrole nitrogens is 1. The number of amides is 1. The van der Waals surface area contributed by atoms with Crippen molar-refractivity contribution in [3.63, 3.8) is 0 Å². The van der Waals surface area contributed by atoms with Crippen LogP contribution in [0.2, 0.25) is 5.02 Å². The summed E-state index contributed by atoms with van der Waals surface area (Å²) in [5.74, 6) is -0.347. The van der Waals surface area contributed by atoms with Crippen molar-refractivity contribution in [3.05, 3.63) is 111 Å². The minimum atomic E-state index is -0.367. The highest BCUT2D eigenvalue weighted by Crippen LogP contribution is 2.21. The second-order valence-electron chi connectivity index (χ2n) is 8.50. The lowest BCUT2D eigenvalue weighted by molar-refractivity contribution is 0.0746. The summed E-state index contributed by atoms with van der Waals surface area (Å²) in [6.45, 7) is 2.63. The Labute approximate surface area is 212 Å². The number of piperazine rings is 1. The monoisotopic (exact) mass is 498 g/mol. The Bertz CT molecular complexity index is 1520. The quantitative estimate of drug-likeness (QED) is 0.325. The van der Waals surface area contributed by atoms with Crippen LogP contribution in [0.5, 0.6) is 0 Å². The summed E-state index contributed by atoms with van der Waals surface area (Å²) in [5.41, 5.74) is 3.06. The number of benzene rings is 3. The average Bonchev–Trinajstić information content (AvgIpc) is 2.91. The molecule has 36 heavy (non-hydrogen) atoms. The Hall–Kier alpha value is -4.23. The van der Waals surface area contributed by atoms with E-state index >= 15 is 0 Å². The van der Waals surface area contributed by atoms with Gasteiger partial charge in [0.25, 0.3) is 11.5 Å². The molecule has 1 aromatic heterocycles. The van der Waals surface area contributed by atoms with Crippen LogP contribution in [0.4, 0.5) is 5.69 Å². The van der Waals surface area contributed by atoms with E-state index in [0.29, 0.717) is 40.3 Å². The minimum Gasteiger partial charge on any atom is -0.368 e. The van der Waals surface area contributed by atoms with Crippen molar-refractivity contribution < 1.29 is 9.59 Å². The van der Waals surface area contributed by atoms with E-state index in [0.717, 1.165) is 18.8 Å². The predicted octanol–water partition coefficient (Wildman–Crippen LogP) is 4.44. The first-order valence-electron chi connectivity index (χ1n) is 11.6. The number of fused-ring (bicyclic) bond motifs is 1. The lowest BCUT2D eigenvalue weighted by atomic mass is 10.1. The van der Waals surface area contributed by atoms with E-state index in [9.17, 15) is 14.4 Å². The van der Waals surface area contributed by atoms with Gasteiger partial charge in [-0.2, -0.15) is 0 Å². The highest BCUT2D eigenvalue weighted by molar-refractivity contribution is 6.30. The maximum Gasteiger partial charge on any atom is 0.274 e. The summed E-state index contributed by atoms with van der Waals surface area (Å²) in [4.78, 5) is 48.9. The lowest BCUT2D eigenvalue weighted by Gasteiger charge is -2.36. The molecule has 0 atom stereocenters. The van der Waals surface area contributed by atoms with Crippen molar-refractivity contribution >= 4 is 46.1 Å². The largest absolute Gasteiger partial charge is 0.368 e. The first-order chi connectivity index (χ1) is 17.5. The molecular formula is C28H23ClN4O3. The van der Waals surface area contributed by atoms with Crippen molar-refractivity contribution in [2.24, 2.45) is 0 Å². The molecular weight excluding hydrogens is 476 g/mol. The third-order valence-electron chi connectivity index (χ3n) is 6.17. The molecule has 1 amide bonds. The van der Waals surface area contributed by atoms with Gasteiger partial charge in [-0.05, 0) is 54.6 Å². The smallest absolute Gasteiger partial charge is 0.274 e. The van der Waals surface area contributed by atoms with E-state index in [1.165, 1.54) is 12.2 Å². The molecule has 1 aliphatic heterocycles. The van der Waals surface area contributed by atoms with Gasteiger partial charge in [0.2, 0.25) is 0 Å². The average molecular weight is 499 g/mol. The molecule has 4 aromatic rings. The van der Waals surface area contributed by atoms with E-state index in [1.54, 1.807) is 36.4 Å². The molecule has 0 radical (unpaired) electrons. The van der Waals surface area contributed by atoms with Crippen LogP contribution in [0.15, 0.2) is 83.7 Å². The Morgan fingerprint density at radius 3 is 2.36 bits per heavy atom. The molecule has 1 fully saturated rings. The van der Waals surface area contributed by atoms with Crippen LogP contribution in [-0.4, -0.2) is 52.7 Å². The number of para-hydroxylation sites is 2. The van der Waals surface area contributed by atoms with Crippen molar-refractivity contribution in [3.8, 4) is 0 Å². The van der Waals surface area contributed by atoms with E-state index in [2.05, 4.69) is 14.9 Å². The number of aromatic nitrogens is 2. The van der Waals surface area contributed by atoms with Gasteiger partial charge < -0.3 is 14.8 Å². The number of carbonyl (C=O) groups is 2. The van der Waals surface area contributed by atoms with Crippen LogP contribution in [0.3, 0.4) is 0 Å². The maximum absolute atomic E-state index is 13.0. The van der Waals surface area contributed by atoms with Crippen LogP contribution >= 0.6 is 11.6 Å². The van der Waals surface area contributed by atoms with Gasteiger partial charge in [0, 0.05) is 48.0 Å². The van der Waals surface area contributed by atoms with Crippen molar-refractivity contribution in [2.45, 2.75) is 0 Å². The number of hydrogen-bond acceptors (Lipinski definition) is 5. The van der Waals surface area contributed by atoms with Gasteiger partial charge in [0.05, 0.1) is 11.0 Å². The van der Waals surface area contributed by atoms with Crippen molar-refractivity contribution in [2.75, 3.05) is 31.1 Å². The fourth-order valence-electron chi connectivity index (χ4n) is 4.21. The molecule has 3 aromatic carbocycles. The fraction of sp³-hybridized carbons (Fsp3) is 0.143. The predicted molar refractivity (Wildman–Crippen MR) is 142 cm³/mol. The van der Waals surface area contributed by atoms with Crippen molar-refractivity contribution in [1.82, 2.24) is 14.9 Å². The van der Waals surface area contributed by atoms with E-state index < -0.39 is 0 Å². The first-order valence-corrected chi connectivity index (χ1v) is 12.0. The maximum atomic E-state index is 13.0. The van der Waals surface area contributed by atoms with Crippen molar-refractivity contribution in [1.29, 1.82) is 0 Å². The lowest BCUT2D eigenvalue weighted by Crippen LogP contribution is -2.48. The topological polar surface area (TPSA) is 86.4 Å². The molecule has 0 bridgehead atoms. The number of allylic oxidation sites excluding steroid dienone is 1. The highest BCUT2D eigenvalue weighted by Gasteiger charge is 2.22. The second-order valence-corrected chi connectivity index (χ2v) is 8.94. The summed E-state index contributed by atoms with van der Waals surface area (Å²) < 4.78 is 0. The molecule has 1 saturated heterocycles. The van der Waals surface area contributed by atoms with Gasteiger partial charge in [-0.25, -0.2) is 4.98 Å². The number of hydrogen-bond donors (Lipinski definition) is 1. The van der Waals surface area contributed by atoms with Gasteiger partial charge in [-0.1, -0.05) is 41.9 Å². The molecule has 5 rings (SSSR count). The Kier molecular flexibility index (Phi) is 6.64. The standard InChI is InChI=1S/C28H23ClN4O3/c29-21-4-3-5-22(18-21)32-14-16-33(17-15-32)28(36)20-10-8-19(9-11-20)26(34)13-12-25-27(35)31-24-7-2-1-6-23(24)30-25/h1-13,18H,14-17H2,(H,31,35). The number of rotatable bonds is 5. The number of ketones is 1. The third-order valence-corrected chi connectivity index (χ3v) is 6.41. The van der Waals surface area contributed by atoms with E-state index in [1.807, 2.05) is 41.3 Å². The molecule has 1 aliphatic rings. The molecule has 1 N–H and O–H groups in total. The van der Waals surface area contributed by atoms with Crippen LogP contribution in [0, 0.1) is 0 Å². The van der Waals surface area contributed by atoms with Crippen LogP contribution < -0.4 is 10.5 Å². The Morgan fingerprint density at radius 1 is 0.889 bits per heavy atom. The number of carbonyl (C=O) groups excluding carboxylic acids is 2. The second kappa shape index (κ2) is 10.2. The van der Waals surface area contributed by atoms with Gasteiger partial charge in [0.15, 0.2) is 5.78 Å². The molecule has 0 saturated carbocycles. The Balaban J connectivity index is 1.22. The van der Waals surface area contributed by atoms with Gasteiger partial charge in [-0.3, -0.25) is 14.4 Å². The zero-order valence-corrected chi connectivity index (χ0v) is 20.1. The SMILES string of the molecule is O=C(C=Cc1nc2ccccc2[nH]c1=O)c1ccc(C(=O)N2CCN(c3cccc(Cl)c3)CC2)cc1. The van der Waals surface area contributed by atoms with E-state index in [-0.39, 0.29) is 22.9 Å². The van der Waals surface area contributed by atoms with Crippen LogP contribution in [-0.2, 0) is 0 Å². The zero-order valence-electron chi connectivity index (χ0n) is 19.4. The van der Waals surface area contributed by atoms with Gasteiger partial charge in [-0.15, -0.1) is 0 Å². The van der Waals surface area contributed by atoms with E-state index in [4.69, 9.17) is 11.6 Å². The van der Waals surface area contributed by atoms with Crippen LogP contribution in [0.25, 0.3) is 17.1 Å². The number of aromatic amines is 1. The zero-order chi connectivity index (χ0) is 25.1. The summed E-state index contributed by atoms with van der Waals surface area (Å²) in [6, 6.07) is 21.5. The molecule has 0 spiro atoms. The molecule has 7 nitrogen and oxygen atoms in total. The van der Waals surface area contributed by atoms with Gasteiger partial charge in [0.1, 0.15) is 5.69 Å². The molecule has 180 valence electrons. The Morgan fingerprint density at radius 2 is 1.61 bits per heavy atom. The molecule has 8 heteroatoms. The molecule has 0 unspecified atom stereocenters. The first kappa shape index (κ1) is 23.5. The summed E-state index contributed by atoms with van der Waals surface area (Å²) in [6.07, 6.45) is 2.73. The molecule has 2 heterocycles. The number of nitrogens with zero attached hydrogens (tertiary/aromatic N) is 3. The number of halogens is 1. The summed E-state index contributed by atoms with van der Waals surface area (Å²) in [7, 11) is 0. The van der Waals surface area contributed by atoms with Crippen LogP contribution in [0.1, 0.15) is 26.4 Å². The third kappa shape index (κ3) is 5.06. The normalized spacial score (nSPS) is 13.9.